The van der Waals surface area contributed by atoms with Gasteiger partial charge in [-0.25, -0.2) is 15.0 Å². The second-order valence-corrected chi connectivity index (χ2v) is 15.6. The Bertz CT molecular complexity index is 2970. The predicted molar refractivity (Wildman–Crippen MR) is 259 cm³/mol. The zero-order chi connectivity index (χ0) is 43.0. The molecule has 0 aliphatic rings. The van der Waals surface area contributed by atoms with E-state index in [1.807, 2.05) is 66.7 Å². The maximum atomic E-state index is 6.52. The van der Waals surface area contributed by atoms with E-state index in [2.05, 4.69) is 172 Å². The maximum Gasteiger partial charge on any atom is 0.164 e. The first kappa shape index (κ1) is 40.5. The molecule has 9 aromatic rings. The average Bonchev–Trinajstić information content (AvgIpc) is 3.67. The van der Waals surface area contributed by atoms with Gasteiger partial charge in [-0.2, -0.15) is 0 Å². The van der Waals surface area contributed by atoms with Gasteiger partial charge in [0.15, 0.2) is 17.5 Å². The molecule has 304 valence electrons. The molecule has 4 heteroatoms. The van der Waals surface area contributed by atoms with Crippen molar-refractivity contribution in [3.8, 4) is 34.2 Å². The smallest absolute Gasteiger partial charge is 0.164 e. The van der Waals surface area contributed by atoms with Gasteiger partial charge in [-0.3, -0.25) is 0 Å². The summed E-state index contributed by atoms with van der Waals surface area (Å²) in [5.41, 5.74) is 12.5. The van der Waals surface area contributed by atoms with Crippen molar-refractivity contribution >= 4 is 17.7 Å². The summed E-state index contributed by atoms with van der Waals surface area (Å²) in [7, 11) is 0. The standard InChI is InChI=1S/C59H47N3O/c1-4-21-54-55(42(2)45-36-38-48(39-37-45)58-61-56(46-23-10-5-11-24-46)60-57(62-58)47-25-12-6-13-26-47)43(3)53(63-54)33-20-22-44-34-40-52(41-35-44)59(49-27-14-7-15-28-49,50-29-16-8-17-30-50)51-31-18-9-19-32-51/h4-21,23-41H,1,22H2,2-3H3/b33-20-,54-21+,55-42+. The van der Waals surface area contributed by atoms with E-state index in [1.165, 1.54) is 27.8 Å². The molecule has 0 spiro atoms. The lowest BCUT2D eigenvalue weighted by atomic mass is 9.65. The van der Waals surface area contributed by atoms with Gasteiger partial charge in [0.2, 0.25) is 0 Å². The van der Waals surface area contributed by atoms with E-state index in [4.69, 9.17) is 19.4 Å². The molecule has 4 nitrogen and oxygen atoms in total. The number of rotatable bonds is 12. The lowest BCUT2D eigenvalue weighted by molar-refractivity contribution is 0.520. The molecule has 7 aromatic carbocycles. The Labute approximate surface area is 369 Å². The van der Waals surface area contributed by atoms with Crippen LogP contribution in [0.5, 0.6) is 0 Å². The monoisotopic (exact) mass is 813 g/mol. The molecule has 0 radical (unpaired) electrons. The molecular weight excluding hydrogens is 767 g/mol. The van der Waals surface area contributed by atoms with E-state index in [1.54, 1.807) is 6.08 Å². The van der Waals surface area contributed by atoms with Crippen molar-refractivity contribution < 1.29 is 4.42 Å². The number of nitrogens with zero attached hydrogens (tertiary/aromatic N) is 3. The summed E-state index contributed by atoms with van der Waals surface area (Å²) in [4.78, 5) is 14.7. The number of allylic oxidation sites excluding steroid dienone is 2. The van der Waals surface area contributed by atoms with Gasteiger partial charge in [0.1, 0.15) is 11.2 Å². The lowest BCUT2D eigenvalue weighted by Gasteiger charge is -2.37. The van der Waals surface area contributed by atoms with Crippen LogP contribution < -0.4 is 10.6 Å². The van der Waals surface area contributed by atoms with Gasteiger partial charge in [-0.1, -0.05) is 219 Å². The molecule has 2 heterocycles. The topological polar surface area (TPSA) is 51.8 Å². The SMILES string of the molecule is C=C/C=c1/oc(/C=C\Cc2ccc(C(c3ccccc3)(c3ccccc3)c3ccccc3)cc2)c(C)/c1=C(/C)c1ccc(-c2nc(-c3ccccc3)nc(-c3ccccc3)n2)cc1. The summed E-state index contributed by atoms with van der Waals surface area (Å²) in [6, 6.07) is 70.1. The summed E-state index contributed by atoms with van der Waals surface area (Å²) in [6.07, 6.45) is 8.76. The minimum Gasteiger partial charge on any atom is -0.456 e. The fraction of sp³-hybridized carbons (Fsp3) is 0.0678. The van der Waals surface area contributed by atoms with Crippen LogP contribution in [-0.2, 0) is 11.8 Å². The van der Waals surface area contributed by atoms with Gasteiger partial charge >= 0.3 is 0 Å². The average molecular weight is 814 g/mol. The minimum absolute atomic E-state index is 0.475. The van der Waals surface area contributed by atoms with Crippen molar-refractivity contribution in [2.45, 2.75) is 25.7 Å². The highest BCUT2D eigenvalue weighted by Crippen LogP contribution is 2.45. The van der Waals surface area contributed by atoms with Gasteiger partial charge in [0.25, 0.3) is 0 Å². The van der Waals surface area contributed by atoms with Crippen molar-refractivity contribution in [1.29, 1.82) is 0 Å². The molecule has 0 saturated heterocycles. The molecule has 63 heavy (non-hydrogen) atoms. The fourth-order valence-electron chi connectivity index (χ4n) is 8.61. The van der Waals surface area contributed by atoms with E-state index >= 15 is 0 Å². The highest BCUT2D eigenvalue weighted by Gasteiger charge is 2.38. The molecule has 0 N–H and O–H groups in total. The summed E-state index contributed by atoms with van der Waals surface area (Å²) in [5, 5.41) is 1.06. The Hall–Kier alpha value is -7.95. The van der Waals surface area contributed by atoms with Crippen LogP contribution in [0.15, 0.2) is 223 Å². The number of aromatic nitrogens is 3. The summed E-state index contributed by atoms with van der Waals surface area (Å²) in [6.45, 7) is 8.27. The van der Waals surface area contributed by atoms with Gasteiger partial charge < -0.3 is 4.42 Å². The van der Waals surface area contributed by atoms with Crippen LogP contribution in [0, 0.1) is 6.92 Å². The van der Waals surface area contributed by atoms with Gasteiger partial charge in [-0.05, 0) is 71.4 Å². The number of furan rings is 1. The minimum atomic E-state index is -0.475. The molecule has 0 saturated carbocycles. The second-order valence-electron chi connectivity index (χ2n) is 15.6. The van der Waals surface area contributed by atoms with Crippen molar-refractivity contribution in [3.63, 3.8) is 0 Å². The van der Waals surface area contributed by atoms with Crippen LogP contribution in [-0.4, -0.2) is 15.0 Å². The zero-order valence-electron chi connectivity index (χ0n) is 35.5. The van der Waals surface area contributed by atoms with E-state index in [-0.39, 0.29) is 0 Å². The zero-order valence-corrected chi connectivity index (χ0v) is 35.5. The quantitative estimate of drug-likeness (QED) is 0.115. The number of hydrogen-bond donors (Lipinski definition) is 0. The maximum absolute atomic E-state index is 6.52. The first-order chi connectivity index (χ1) is 31.0. The third-order valence-corrected chi connectivity index (χ3v) is 11.8. The highest BCUT2D eigenvalue weighted by molar-refractivity contribution is 5.71. The van der Waals surface area contributed by atoms with Gasteiger partial charge in [0, 0.05) is 27.5 Å². The van der Waals surface area contributed by atoms with Crippen LogP contribution in [0.1, 0.15) is 51.6 Å². The Balaban J connectivity index is 1.01. The molecule has 0 amide bonds. The largest absolute Gasteiger partial charge is 0.456 e. The Morgan fingerprint density at radius 3 is 1.38 bits per heavy atom. The molecule has 2 aromatic heterocycles. The second kappa shape index (κ2) is 18.3. The van der Waals surface area contributed by atoms with Crippen molar-refractivity contribution in [1.82, 2.24) is 15.0 Å². The number of hydrogen-bond acceptors (Lipinski definition) is 4. The molecule has 9 rings (SSSR count). The first-order valence-corrected chi connectivity index (χ1v) is 21.4. The summed E-state index contributed by atoms with van der Waals surface area (Å²) >= 11 is 0. The molecule has 0 aliphatic heterocycles. The summed E-state index contributed by atoms with van der Waals surface area (Å²) < 4.78 is 6.52. The Morgan fingerprint density at radius 1 is 0.524 bits per heavy atom. The Morgan fingerprint density at radius 2 is 0.937 bits per heavy atom. The summed E-state index contributed by atoms with van der Waals surface area (Å²) in [5.74, 6) is 2.73. The molecule has 0 bridgehead atoms. The molecular formula is C59H47N3O. The number of benzene rings is 7. The highest BCUT2D eigenvalue weighted by atomic mass is 16.3. The third-order valence-electron chi connectivity index (χ3n) is 11.8. The van der Waals surface area contributed by atoms with E-state index in [9.17, 15) is 0 Å². The van der Waals surface area contributed by atoms with E-state index < -0.39 is 5.41 Å². The van der Waals surface area contributed by atoms with Gasteiger partial charge in [0.05, 0.1) is 5.41 Å². The normalized spacial score (nSPS) is 12.4. The lowest BCUT2D eigenvalue weighted by Crippen LogP contribution is -2.30. The Kier molecular flexibility index (Phi) is 11.8. The molecule has 0 unspecified atom stereocenters. The van der Waals surface area contributed by atoms with Gasteiger partial charge in [-0.15, -0.1) is 0 Å². The molecule has 0 fully saturated rings. The van der Waals surface area contributed by atoms with Crippen LogP contribution in [0.3, 0.4) is 0 Å². The molecule has 0 aliphatic carbocycles. The van der Waals surface area contributed by atoms with E-state index in [0.29, 0.717) is 17.5 Å². The van der Waals surface area contributed by atoms with Crippen molar-refractivity contribution in [2.24, 2.45) is 0 Å². The predicted octanol–water partition coefficient (Wildman–Crippen LogP) is 12.6. The van der Waals surface area contributed by atoms with Crippen LogP contribution >= 0.6 is 0 Å². The van der Waals surface area contributed by atoms with Crippen molar-refractivity contribution in [2.75, 3.05) is 0 Å². The fourth-order valence-corrected chi connectivity index (χ4v) is 8.61. The van der Waals surface area contributed by atoms with Crippen LogP contribution in [0.25, 0.3) is 51.9 Å². The molecule has 0 atom stereocenters. The van der Waals surface area contributed by atoms with Crippen molar-refractivity contribution in [3.05, 3.63) is 274 Å². The van der Waals surface area contributed by atoms with Crippen LogP contribution in [0.2, 0.25) is 0 Å². The van der Waals surface area contributed by atoms with E-state index in [0.717, 1.165) is 56.2 Å². The first-order valence-electron chi connectivity index (χ1n) is 21.4. The van der Waals surface area contributed by atoms with Crippen LogP contribution in [0.4, 0.5) is 0 Å². The third kappa shape index (κ3) is 8.27.